The average Bonchev–Trinajstić information content (AvgIpc) is 2.65. The third kappa shape index (κ3) is 9.29. The number of carbonyl (C=O) groups is 3. The molecule has 27 heavy (non-hydrogen) atoms. The van der Waals surface area contributed by atoms with E-state index in [9.17, 15) is 14.4 Å². The van der Waals surface area contributed by atoms with Crippen LogP contribution in [0.4, 0.5) is 0 Å². The highest BCUT2D eigenvalue weighted by molar-refractivity contribution is 6.32. The second-order valence-electron chi connectivity index (χ2n) is 5.70. The van der Waals surface area contributed by atoms with E-state index in [0.717, 1.165) is 18.1 Å². The zero-order chi connectivity index (χ0) is 20.3. The molecule has 0 aliphatic heterocycles. The van der Waals surface area contributed by atoms with Gasteiger partial charge < -0.3 is 19.7 Å². The summed E-state index contributed by atoms with van der Waals surface area (Å²) < 4.78 is 9.35. The quantitative estimate of drug-likeness (QED) is 0.450. The predicted octanol–water partition coefficient (Wildman–Crippen LogP) is 1.75. The number of carbonyl (C=O) groups excluding carboxylic acids is 3. The number of ether oxygens (including phenoxy) is 2. The first kappa shape index (κ1) is 22.0. The number of hydrogen-bond acceptors (Lipinski definition) is 7. The van der Waals surface area contributed by atoms with E-state index in [0.29, 0.717) is 0 Å². The number of aliphatic hydroxyl groups is 2. The molecule has 0 atom stereocenters. The maximum Gasteiger partial charge on any atom is 0.374 e. The number of hydrogen-bond donors (Lipinski definition) is 2. The molecule has 0 radical (unpaired) electrons. The van der Waals surface area contributed by atoms with Crippen LogP contribution in [0.5, 0.6) is 0 Å². The summed E-state index contributed by atoms with van der Waals surface area (Å²) in [6, 6.07) is 18.2. The Morgan fingerprint density at radius 3 is 1.59 bits per heavy atom. The molecule has 2 rings (SSSR count). The Morgan fingerprint density at radius 2 is 1.22 bits per heavy atom. The van der Waals surface area contributed by atoms with Crippen LogP contribution in [0.2, 0.25) is 0 Å². The number of Topliss-reactive ketones (excluding diaryl/α,β-unsaturated/α-hetero) is 1. The van der Waals surface area contributed by atoms with Gasteiger partial charge in [-0.15, -0.1) is 0 Å². The lowest BCUT2D eigenvalue weighted by Gasteiger charge is -2.13. The van der Waals surface area contributed by atoms with Gasteiger partial charge in [-0.1, -0.05) is 60.7 Å². The van der Waals surface area contributed by atoms with Crippen molar-refractivity contribution < 1.29 is 34.1 Å². The van der Waals surface area contributed by atoms with Crippen LogP contribution in [0.1, 0.15) is 25.0 Å². The first-order valence-corrected chi connectivity index (χ1v) is 8.07. The second kappa shape index (κ2) is 10.8. The van der Waals surface area contributed by atoms with Gasteiger partial charge in [0.05, 0.1) is 0 Å². The second-order valence-corrected chi connectivity index (χ2v) is 5.70. The van der Waals surface area contributed by atoms with Crippen molar-refractivity contribution >= 4 is 17.7 Å². The average molecular weight is 374 g/mol. The van der Waals surface area contributed by atoms with Gasteiger partial charge in [-0.2, -0.15) is 0 Å². The predicted molar refractivity (Wildman–Crippen MR) is 96.0 cm³/mol. The fourth-order valence-electron chi connectivity index (χ4n) is 1.68. The largest absolute Gasteiger partial charge is 0.457 e. The Kier molecular flexibility index (Phi) is 8.84. The monoisotopic (exact) mass is 374 g/mol. The van der Waals surface area contributed by atoms with E-state index in [1.807, 2.05) is 36.4 Å². The van der Waals surface area contributed by atoms with E-state index >= 15 is 0 Å². The molecule has 0 unspecified atom stereocenters. The molecule has 0 amide bonds. The van der Waals surface area contributed by atoms with E-state index in [4.69, 9.17) is 14.9 Å². The van der Waals surface area contributed by atoms with Crippen LogP contribution in [0, 0.1) is 0 Å². The van der Waals surface area contributed by atoms with Gasteiger partial charge in [0.25, 0.3) is 5.79 Å². The smallest absolute Gasteiger partial charge is 0.374 e. The SMILES string of the molecule is CC(=O)C(=O)OCc1ccccc1.CC(O)(O)C(=O)OCc1ccccc1. The molecule has 0 spiro atoms. The molecule has 0 saturated heterocycles. The first-order chi connectivity index (χ1) is 12.7. The number of benzene rings is 2. The zero-order valence-corrected chi connectivity index (χ0v) is 15.1. The summed E-state index contributed by atoms with van der Waals surface area (Å²) in [6.07, 6.45) is 0. The molecule has 0 aromatic heterocycles. The van der Waals surface area contributed by atoms with Crippen molar-refractivity contribution in [2.75, 3.05) is 0 Å². The summed E-state index contributed by atoms with van der Waals surface area (Å²) in [5.41, 5.74) is 1.67. The Morgan fingerprint density at radius 1 is 0.815 bits per heavy atom. The highest BCUT2D eigenvalue weighted by Crippen LogP contribution is 2.05. The molecule has 0 heterocycles. The third-order valence-electron chi connectivity index (χ3n) is 3.10. The number of esters is 2. The van der Waals surface area contributed by atoms with Gasteiger partial charge in [0.15, 0.2) is 0 Å². The lowest BCUT2D eigenvalue weighted by molar-refractivity contribution is -0.204. The van der Waals surface area contributed by atoms with Crippen LogP contribution in [0.15, 0.2) is 60.7 Å². The van der Waals surface area contributed by atoms with Gasteiger partial charge in [0.2, 0.25) is 5.78 Å². The lowest BCUT2D eigenvalue weighted by atomic mass is 10.2. The summed E-state index contributed by atoms with van der Waals surface area (Å²) in [4.78, 5) is 32.2. The lowest BCUT2D eigenvalue weighted by Crippen LogP contribution is -2.36. The molecule has 0 saturated carbocycles. The minimum absolute atomic E-state index is 0.0381. The van der Waals surface area contributed by atoms with E-state index in [-0.39, 0.29) is 13.2 Å². The first-order valence-electron chi connectivity index (χ1n) is 8.07. The zero-order valence-electron chi connectivity index (χ0n) is 15.1. The van der Waals surface area contributed by atoms with Crippen LogP contribution in [-0.4, -0.2) is 33.7 Å². The van der Waals surface area contributed by atoms with Crippen LogP contribution in [0.25, 0.3) is 0 Å². The molecule has 0 aliphatic rings. The van der Waals surface area contributed by atoms with Gasteiger partial charge in [-0.25, -0.2) is 9.59 Å². The minimum atomic E-state index is -2.42. The maximum absolute atomic E-state index is 10.9. The molecule has 0 fully saturated rings. The van der Waals surface area contributed by atoms with Crippen molar-refractivity contribution in [1.82, 2.24) is 0 Å². The summed E-state index contributed by atoms with van der Waals surface area (Å²) in [7, 11) is 0. The number of ketones is 1. The number of rotatable bonds is 6. The van der Waals surface area contributed by atoms with Crippen LogP contribution in [-0.2, 0) is 37.1 Å². The Balaban J connectivity index is 0.000000271. The summed E-state index contributed by atoms with van der Waals surface area (Å²) in [6.45, 7) is 2.34. The molecule has 7 nitrogen and oxygen atoms in total. The topological polar surface area (TPSA) is 110 Å². The molecule has 2 aromatic rings. The van der Waals surface area contributed by atoms with Gasteiger partial charge >= 0.3 is 11.9 Å². The summed E-state index contributed by atoms with van der Waals surface area (Å²) >= 11 is 0. The standard InChI is InChI=1S/C10H12O4.C10H10O3/c1-10(12,13)9(11)14-7-8-5-3-2-4-6-8;1-8(11)10(12)13-7-9-5-3-2-4-6-9/h2-6,12-13H,7H2,1H3;2-6H,7H2,1H3. The molecule has 2 aromatic carbocycles. The fourth-order valence-corrected chi connectivity index (χ4v) is 1.68. The minimum Gasteiger partial charge on any atom is -0.457 e. The van der Waals surface area contributed by atoms with Crippen LogP contribution >= 0.6 is 0 Å². The van der Waals surface area contributed by atoms with Crippen molar-refractivity contribution in [3.63, 3.8) is 0 Å². The van der Waals surface area contributed by atoms with Crippen molar-refractivity contribution in [2.24, 2.45) is 0 Å². The highest BCUT2D eigenvalue weighted by atomic mass is 16.6. The van der Waals surface area contributed by atoms with Crippen molar-refractivity contribution in [1.29, 1.82) is 0 Å². The van der Waals surface area contributed by atoms with E-state index in [2.05, 4.69) is 4.74 Å². The molecule has 2 N–H and O–H groups in total. The Labute approximate surface area is 157 Å². The van der Waals surface area contributed by atoms with Gasteiger partial charge in [-0.3, -0.25) is 4.79 Å². The molecular formula is C20H22O7. The van der Waals surface area contributed by atoms with E-state index in [1.54, 1.807) is 24.3 Å². The Bertz CT molecular complexity index is 734. The van der Waals surface area contributed by atoms with Crippen molar-refractivity contribution in [3.05, 3.63) is 71.8 Å². The molecule has 0 aliphatic carbocycles. The Hall–Kier alpha value is -3.03. The van der Waals surface area contributed by atoms with Gasteiger partial charge in [0.1, 0.15) is 13.2 Å². The third-order valence-corrected chi connectivity index (χ3v) is 3.10. The van der Waals surface area contributed by atoms with Crippen molar-refractivity contribution in [2.45, 2.75) is 32.8 Å². The van der Waals surface area contributed by atoms with Gasteiger partial charge in [-0.05, 0) is 11.1 Å². The molecular weight excluding hydrogens is 352 g/mol. The van der Waals surface area contributed by atoms with Crippen LogP contribution < -0.4 is 0 Å². The summed E-state index contributed by atoms with van der Waals surface area (Å²) in [5, 5.41) is 17.7. The fraction of sp³-hybridized carbons (Fsp3) is 0.250. The van der Waals surface area contributed by atoms with E-state index < -0.39 is 23.5 Å². The van der Waals surface area contributed by atoms with Crippen molar-refractivity contribution in [3.8, 4) is 0 Å². The molecule has 144 valence electrons. The highest BCUT2D eigenvalue weighted by Gasteiger charge is 2.28. The van der Waals surface area contributed by atoms with E-state index in [1.165, 1.54) is 6.92 Å². The maximum atomic E-state index is 10.9. The normalized spacial score (nSPS) is 10.2. The summed E-state index contributed by atoms with van der Waals surface area (Å²) in [5.74, 6) is -4.84. The van der Waals surface area contributed by atoms with Crippen LogP contribution in [0.3, 0.4) is 0 Å². The van der Waals surface area contributed by atoms with Gasteiger partial charge in [0, 0.05) is 13.8 Å². The molecule has 7 heteroatoms. The molecule has 0 bridgehead atoms.